The number of para-hydroxylation sites is 1. The van der Waals surface area contributed by atoms with Gasteiger partial charge in [-0.05, 0) is 45.8 Å². The molecule has 1 aromatic heterocycles. The zero-order valence-corrected chi connectivity index (χ0v) is 11.2. The summed E-state index contributed by atoms with van der Waals surface area (Å²) in [6.07, 6.45) is 0. The second-order valence-electron chi connectivity index (χ2n) is 3.89. The minimum Gasteiger partial charge on any atom is -0.354 e. The van der Waals surface area contributed by atoms with Gasteiger partial charge in [0.1, 0.15) is 0 Å². The third-order valence-corrected chi connectivity index (χ3v) is 3.67. The molecule has 0 atom stereocenters. The molecule has 0 amide bonds. The monoisotopic (exact) mass is 305 g/mol. The molecular weight excluding hydrogens is 298 g/mol. The van der Waals surface area contributed by atoms with Gasteiger partial charge in [0.25, 0.3) is 0 Å². The lowest BCUT2D eigenvalue weighted by Crippen LogP contribution is -1.76. The fourth-order valence-corrected chi connectivity index (χ4v) is 2.51. The van der Waals surface area contributed by atoms with Crippen molar-refractivity contribution in [2.24, 2.45) is 0 Å². The molecule has 0 spiro atoms. The van der Waals surface area contributed by atoms with E-state index < -0.39 is 0 Å². The van der Waals surface area contributed by atoms with Crippen LogP contribution in [0.25, 0.3) is 22.2 Å². The smallest absolute Gasteiger partial charge is 0.0603 e. The molecule has 1 N–H and O–H groups in total. The second-order valence-corrected chi connectivity index (χ2v) is 5.18. The summed E-state index contributed by atoms with van der Waals surface area (Å²) in [4.78, 5) is 3.41. The second kappa shape index (κ2) is 4.21. The highest BCUT2D eigenvalue weighted by atomic mass is 79.9. The number of aromatic amines is 1. The van der Waals surface area contributed by atoms with Crippen molar-refractivity contribution in [3.05, 3.63) is 58.0 Å². The van der Waals surface area contributed by atoms with E-state index in [-0.39, 0.29) is 0 Å². The van der Waals surface area contributed by atoms with Crippen molar-refractivity contribution in [2.45, 2.75) is 0 Å². The molecule has 0 radical (unpaired) electrons. The fraction of sp³-hybridized carbons (Fsp3) is 0. The molecule has 0 saturated carbocycles. The first kappa shape index (κ1) is 10.9. The lowest BCUT2D eigenvalue weighted by molar-refractivity contribution is 1.44. The molecule has 2 aromatic carbocycles. The molecule has 0 aliphatic carbocycles. The maximum atomic E-state index is 5.89. The summed E-state index contributed by atoms with van der Waals surface area (Å²) in [6.45, 7) is 0. The van der Waals surface area contributed by atoms with Gasteiger partial charge >= 0.3 is 0 Å². The van der Waals surface area contributed by atoms with E-state index in [0.717, 1.165) is 26.3 Å². The predicted octanol–water partition coefficient (Wildman–Crippen LogP) is 5.25. The molecule has 1 nitrogen and oxygen atoms in total. The first-order chi connectivity index (χ1) is 8.24. The van der Waals surface area contributed by atoms with Crippen LogP contribution in [0.2, 0.25) is 5.02 Å². The van der Waals surface area contributed by atoms with Gasteiger partial charge in [-0.15, -0.1) is 0 Å². The van der Waals surface area contributed by atoms with Gasteiger partial charge < -0.3 is 4.98 Å². The van der Waals surface area contributed by atoms with Crippen LogP contribution in [-0.4, -0.2) is 4.98 Å². The summed E-state index contributed by atoms with van der Waals surface area (Å²) in [5.41, 5.74) is 3.36. The van der Waals surface area contributed by atoms with Gasteiger partial charge in [0.05, 0.1) is 5.52 Å². The van der Waals surface area contributed by atoms with Gasteiger partial charge in [0, 0.05) is 20.6 Å². The average Bonchev–Trinajstić information content (AvgIpc) is 2.75. The summed E-state index contributed by atoms with van der Waals surface area (Å²) in [5, 5.41) is 1.95. The molecule has 3 aromatic rings. The molecule has 0 aliphatic heterocycles. The van der Waals surface area contributed by atoms with E-state index in [4.69, 9.17) is 11.6 Å². The van der Waals surface area contributed by atoms with Crippen molar-refractivity contribution in [3.63, 3.8) is 0 Å². The van der Waals surface area contributed by atoms with Crippen LogP contribution in [0, 0.1) is 0 Å². The Balaban J connectivity index is 2.18. The molecule has 0 fully saturated rings. The van der Waals surface area contributed by atoms with Gasteiger partial charge in [-0.25, -0.2) is 0 Å². The lowest BCUT2D eigenvalue weighted by Gasteiger charge is -1.97. The Morgan fingerprint density at radius 2 is 1.76 bits per heavy atom. The number of rotatable bonds is 1. The highest BCUT2D eigenvalue weighted by Gasteiger charge is 2.05. The topological polar surface area (TPSA) is 15.8 Å². The van der Waals surface area contributed by atoms with Crippen LogP contribution in [0.3, 0.4) is 0 Å². The highest BCUT2D eigenvalue weighted by molar-refractivity contribution is 9.10. The number of halogens is 2. The van der Waals surface area contributed by atoms with E-state index in [1.54, 1.807) is 0 Å². The Labute approximate surface area is 113 Å². The van der Waals surface area contributed by atoms with Gasteiger partial charge in [0.15, 0.2) is 0 Å². The maximum absolute atomic E-state index is 5.89. The van der Waals surface area contributed by atoms with Gasteiger partial charge in [-0.3, -0.25) is 0 Å². The number of hydrogen-bond donors (Lipinski definition) is 1. The Morgan fingerprint density at radius 1 is 1.00 bits per heavy atom. The van der Waals surface area contributed by atoms with Crippen molar-refractivity contribution in [1.29, 1.82) is 0 Å². The van der Waals surface area contributed by atoms with Crippen molar-refractivity contribution < 1.29 is 0 Å². The van der Waals surface area contributed by atoms with Crippen molar-refractivity contribution in [3.8, 4) is 11.3 Å². The molecule has 0 saturated heterocycles. The van der Waals surface area contributed by atoms with E-state index >= 15 is 0 Å². The van der Waals surface area contributed by atoms with Gasteiger partial charge in [-0.2, -0.15) is 0 Å². The molecule has 0 bridgehead atoms. The molecule has 1 heterocycles. The average molecular weight is 307 g/mol. The summed E-state index contributed by atoms with van der Waals surface area (Å²) in [7, 11) is 0. The summed E-state index contributed by atoms with van der Waals surface area (Å²) >= 11 is 9.43. The van der Waals surface area contributed by atoms with Crippen LogP contribution >= 0.6 is 27.5 Å². The molecule has 3 heteroatoms. The Bertz CT molecular complexity index is 670. The Morgan fingerprint density at radius 3 is 2.47 bits per heavy atom. The van der Waals surface area contributed by atoms with Crippen molar-refractivity contribution in [1.82, 2.24) is 4.98 Å². The third-order valence-electron chi connectivity index (χ3n) is 2.76. The summed E-state index contributed by atoms with van der Waals surface area (Å²) in [5.74, 6) is 0. The number of H-pyrrole nitrogens is 1. The molecule has 17 heavy (non-hydrogen) atoms. The van der Waals surface area contributed by atoms with E-state index in [0.29, 0.717) is 0 Å². The Kier molecular flexibility index (Phi) is 2.69. The lowest BCUT2D eigenvalue weighted by atomic mass is 10.1. The number of benzene rings is 2. The third kappa shape index (κ3) is 1.99. The predicted molar refractivity (Wildman–Crippen MR) is 76.4 cm³/mol. The molecular formula is C14H9BrClN. The standard InChI is InChI=1S/C14H9BrClN/c15-12-3-1-2-10-8-13(17-14(10)12)9-4-6-11(16)7-5-9/h1-8,17H. The largest absolute Gasteiger partial charge is 0.354 e. The quantitative estimate of drug-likeness (QED) is 0.632. The zero-order chi connectivity index (χ0) is 11.8. The normalized spacial score (nSPS) is 10.9. The van der Waals surface area contributed by atoms with E-state index in [1.165, 1.54) is 5.39 Å². The first-order valence-corrected chi connectivity index (χ1v) is 6.44. The SMILES string of the molecule is Clc1ccc(-c2cc3cccc(Br)c3[nH]2)cc1. The minimum atomic E-state index is 0.756. The Hall–Kier alpha value is -1.25. The highest BCUT2D eigenvalue weighted by Crippen LogP contribution is 2.29. The zero-order valence-electron chi connectivity index (χ0n) is 8.87. The molecule has 0 unspecified atom stereocenters. The van der Waals surface area contributed by atoms with Gasteiger partial charge in [0.2, 0.25) is 0 Å². The van der Waals surface area contributed by atoms with E-state index in [9.17, 15) is 0 Å². The summed E-state index contributed by atoms with van der Waals surface area (Å²) in [6, 6.07) is 16.1. The molecule has 0 aliphatic rings. The molecule has 3 rings (SSSR count). The van der Waals surface area contributed by atoms with Crippen molar-refractivity contribution in [2.75, 3.05) is 0 Å². The number of aromatic nitrogens is 1. The fourth-order valence-electron chi connectivity index (χ4n) is 1.90. The first-order valence-electron chi connectivity index (χ1n) is 5.27. The van der Waals surface area contributed by atoms with E-state index in [1.807, 2.05) is 36.4 Å². The van der Waals surface area contributed by atoms with Crippen LogP contribution in [-0.2, 0) is 0 Å². The van der Waals surface area contributed by atoms with E-state index in [2.05, 4.69) is 33.0 Å². The summed E-state index contributed by atoms with van der Waals surface area (Å²) < 4.78 is 1.08. The number of nitrogens with one attached hydrogen (secondary N) is 1. The van der Waals surface area contributed by atoms with Crippen molar-refractivity contribution >= 4 is 38.4 Å². The van der Waals surface area contributed by atoms with Crippen LogP contribution in [0.1, 0.15) is 0 Å². The number of fused-ring (bicyclic) bond motifs is 1. The maximum Gasteiger partial charge on any atom is 0.0603 e. The minimum absolute atomic E-state index is 0.756. The van der Waals surface area contributed by atoms with Crippen LogP contribution in [0.4, 0.5) is 0 Å². The molecule has 84 valence electrons. The number of hydrogen-bond acceptors (Lipinski definition) is 0. The van der Waals surface area contributed by atoms with Gasteiger partial charge in [-0.1, -0.05) is 35.9 Å². The van der Waals surface area contributed by atoms with Crippen LogP contribution < -0.4 is 0 Å². The van der Waals surface area contributed by atoms with Crippen LogP contribution in [0.5, 0.6) is 0 Å². The van der Waals surface area contributed by atoms with Crippen LogP contribution in [0.15, 0.2) is 53.0 Å².